The monoisotopic (exact) mass is 1110 g/mol. The number of allylic oxidation sites excluding steroid dienone is 16. The van der Waals surface area contributed by atoms with Crippen LogP contribution in [0.15, 0.2) is 97.2 Å². The van der Waals surface area contributed by atoms with Gasteiger partial charge in [0.15, 0.2) is 6.10 Å². The maximum Gasteiger partial charge on any atom is 0.472 e. The Hall–Kier alpha value is -3.07. The maximum atomic E-state index is 12.8. The van der Waals surface area contributed by atoms with Crippen molar-refractivity contribution >= 4 is 19.8 Å². The molecule has 0 aliphatic heterocycles. The fourth-order valence-corrected chi connectivity index (χ4v) is 9.44. The molecule has 0 aromatic heterocycles. The van der Waals surface area contributed by atoms with Crippen molar-refractivity contribution in [2.45, 2.75) is 277 Å². The molecule has 0 fully saturated rings. The van der Waals surface area contributed by atoms with Crippen molar-refractivity contribution in [1.29, 1.82) is 0 Å². The smallest absolute Gasteiger partial charge is 0.462 e. The highest BCUT2D eigenvalue weighted by atomic mass is 31.2. The van der Waals surface area contributed by atoms with E-state index in [1.807, 2.05) is 21.1 Å². The van der Waals surface area contributed by atoms with Crippen LogP contribution < -0.4 is 0 Å². The van der Waals surface area contributed by atoms with Crippen molar-refractivity contribution < 1.29 is 42.1 Å². The van der Waals surface area contributed by atoms with Gasteiger partial charge in [0.25, 0.3) is 0 Å². The number of quaternary nitrogens is 1. The largest absolute Gasteiger partial charge is 0.472 e. The number of phosphoric ester groups is 1. The maximum absolute atomic E-state index is 12.8. The number of carbonyl (C=O) groups is 2. The molecule has 78 heavy (non-hydrogen) atoms. The van der Waals surface area contributed by atoms with Gasteiger partial charge in [0.2, 0.25) is 0 Å². The van der Waals surface area contributed by atoms with Crippen LogP contribution in [-0.4, -0.2) is 74.9 Å². The fraction of sp³-hybridized carbons (Fsp3) is 0.735. The molecule has 10 heteroatoms. The van der Waals surface area contributed by atoms with E-state index in [9.17, 15) is 19.0 Å². The van der Waals surface area contributed by atoms with Crippen molar-refractivity contribution in [1.82, 2.24) is 0 Å². The van der Waals surface area contributed by atoms with Crippen molar-refractivity contribution in [3.8, 4) is 0 Å². The quantitative estimate of drug-likeness (QED) is 0.0211. The molecule has 0 aliphatic rings. The Morgan fingerprint density at radius 1 is 0.410 bits per heavy atom. The van der Waals surface area contributed by atoms with E-state index in [-0.39, 0.29) is 32.0 Å². The number of unbranched alkanes of at least 4 members (excludes halogenated alkanes) is 28. The second-order valence-electron chi connectivity index (χ2n) is 22.4. The molecule has 2 unspecified atom stereocenters. The molecule has 450 valence electrons. The van der Waals surface area contributed by atoms with Gasteiger partial charge < -0.3 is 18.9 Å². The average molecular weight is 1110 g/mol. The van der Waals surface area contributed by atoms with Crippen LogP contribution in [0.5, 0.6) is 0 Å². The van der Waals surface area contributed by atoms with Gasteiger partial charge in [-0.25, -0.2) is 4.57 Å². The third kappa shape index (κ3) is 62.1. The molecule has 0 bridgehead atoms. The van der Waals surface area contributed by atoms with E-state index < -0.39 is 26.5 Å². The summed E-state index contributed by atoms with van der Waals surface area (Å²) in [7, 11) is 1.45. The number of phosphoric acid groups is 1. The molecule has 0 spiro atoms. The van der Waals surface area contributed by atoms with Gasteiger partial charge >= 0.3 is 19.8 Å². The van der Waals surface area contributed by atoms with Gasteiger partial charge in [-0.2, -0.15) is 0 Å². The third-order valence-electron chi connectivity index (χ3n) is 13.6. The molecule has 0 rings (SSSR count). The van der Waals surface area contributed by atoms with E-state index in [0.29, 0.717) is 17.4 Å². The summed E-state index contributed by atoms with van der Waals surface area (Å²) in [5.41, 5.74) is 0. The Balaban J connectivity index is 4.12. The Morgan fingerprint density at radius 2 is 0.731 bits per heavy atom. The standard InChI is InChI=1S/C68H120NO8P/c1-6-8-10-12-14-16-18-20-22-24-26-28-30-31-32-33-34-35-36-37-39-40-42-44-46-48-50-52-54-56-58-60-67(70)74-64-66(65-76-78(72,73)75-63-62-69(3,4)5)77-68(71)61-59-57-55-53-51-49-47-45-43-41-38-29-27-25-23-21-19-17-15-13-11-9-7-2/h9,11,15,17-18,20-21,23-24,26-27,29,41,43,47,49,66H,6-8,10,12-14,16,19,22,25,28,30-40,42,44-46,48,50-65H2,1-5H3/p+1/b11-9-,17-15-,20-18-,23-21-,26-24-,29-27-,43-41-,49-47-. The van der Waals surface area contributed by atoms with Crippen LogP contribution in [0, 0.1) is 0 Å². The zero-order valence-corrected chi connectivity index (χ0v) is 52.0. The highest BCUT2D eigenvalue weighted by Crippen LogP contribution is 2.43. The minimum atomic E-state index is -4.40. The normalized spacial score (nSPS) is 13.9. The number of hydrogen-bond acceptors (Lipinski definition) is 7. The molecule has 0 aromatic carbocycles. The minimum absolute atomic E-state index is 0.0225. The second-order valence-corrected chi connectivity index (χ2v) is 23.9. The Bertz CT molecular complexity index is 1640. The summed E-state index contributed by atoms with van der Waals surface area (Å²) < 4.78 is 34.6. The van der Waals surface area contributed by atoms with Gasteiger partial charge in [0, 0.05) is 12.8 Å². The number of nitrogens with zero attached hydrogens (tertiary/aromatic N) is 1. The Labute approximate surface area is 481 Å². The molecule has 0 aliphatic carbocycles. The third-order valence-corrected chi connectivity index (χ3v) is 14.6. The molecule has 0 amide bonds. The Kier molecular flexibility index (Phi) is 56.3. The first-order valence-corrected chi connectivity index (χ1v) is 33.5. The number of likely N-dealkylation sites (N-methyl/N-ethyl adjacent to an activating group) is 1. The summed E-state index contributed by atoms with van der Waals surface area (Å²) in [4.78, 5) is 35.8. The molecule has 0 aromatic rings. The first-order valence-electron chi connectivity index (χ1n) is 32.0. The summed E-state index contributed by atoms with van der Waals surface area (Å²) >= 11 is 0. The van der Waals surface area contributed by atoms with Gasteiger partial charge in [-0.1, -0.05) is 259 Å². The van der Waals surface area contributed by atoms with Gasteiger partial charge in [-0.05, 0) is 96.3 Å². The highest BCUT2D eigenvalue weighted by Gasteiger charge is 2.27. The van der Waals surface area contributed by atoms with E-state index in [2.05, 4.69) is 111 Å². The number of hydrogen-bond donors (Lipinski definition) is 1. The van der Waals surface area contributed by atoms with Crippen LogP contribution in [-0.2, 0) is 32.7 Å². The van der Waals surface area contributed by atoms with Gasteiger partial charge in [0.1, 0.15) is 19.8 Å². The number of esters is 2. The molecule has 0 radical (unpaired) electrons. The predicted octanol–water partition coefficient (Wildman–Crippen LogP) is 20.4. The van der Waals surface area contributed by atoms with Gasteiger partial charge in [0.05, 0.1) is 27.7 Å². The number of rotatable bonds is 58. The molecular weight excluding hydrogens is 990 g/mol. The zero-order chi connectivity index (χ0) is 57.0. The van der Waals surface area contributed by atoms with Crippen LogP contribution in [0.25, 0.3) is 0 Å². The van der Waals surface area contributed by atoms with E-state index in [0.717, 1.165) is 89.9 Å². The summed E-state index contributed by atoms with van der Waals surface area (Å²) in [6.07, 6.45) is 80.7. The highest BCUT2D eigenvalue weighted by molar-refractivity contribution is 7.47. The van der Waals surface area contributed by atoms with Gasteiger partial charge in [-0.3, -0.25) is 18.6 Å². The van der Waals surface area contributed by atoms with Crippen LogP contribution in [0.3, 0.4) is 0 Å². The average Bonchev–Trinajstić information content (AvgIpc) is 3.40. The topological polar surface area (TPSA) is 108 Å². The lowest BCUT2D eigenvalue weighted by molar-refractivity contribution is -0.870. The summed E-state index contributed by atoms with van der Waals surface area (Å²) in [6, 6.07) is 0. The Morgan fingerprint density at radius 3 is 1.09 bits per heavy atom. The lowest BCUT2D eigenvalue weighted by Gasteiger charge is -2.24. The molecule has 1 N–H and O–H groups in total. The molecule has 9 nitrogen and oxygen atoms in total. The SMILES string of the molecule is CC/C=C\C/C=C\C/C=C\C/C=C\C/C=C\C/C=C\CCCCCCC(=O)OC(COC(=O)CCCCCCCCCCCCCCCCCCCCC/C=C\C/C=C\CCCCCCC)COP(=O)(O)OCC[N+](C)(C)C. The predicted molar refractivity (Wildman–Crippen MR) is 335 cm³/mol. The second kappa shape index (κ2) is 58.6. The summed E-state index contributed by atoms with van der Waals surface area (Å²) in [5.74, 6) is -0.824. The van der Waals surface area contributed by atoms with Crippen molar-refractivity contribution in [3.63, 3.8) is 0 Å². The fourth-order valence-electron chi connectivity index (χ4n) is 8.70. The number of ether oxygens (including phenoxy) is 2. The lowest BCUT2D eigenvalue weighted by Crippen LogP contribution is -2.37. The molecule has 0 saturated carbocycles. The number of carbonyl (C=O) groups excluding carboxylic acids is 2. The summed E-state index contributed by atoms with van der Waals surface area (Å²) in [6.45, 7) is 4.29. The molecule has 0 heterocycles. The van der Waals surface area contributed by atoms with E-state index in [1.165, 1.54) is 148 Å². The van der Waals surface area contributed by atoms with Crippen molar-refractivity contribution in [2.24, 2.45) is 0 Å². The molecule has 2 atom stereocenters. The van der Waals surface area contributed by atoms with Crippen LogP contribution in [0.1, 0.15) is 271 Å². The van der Waals surface area contributed by atoms with Gasteiger partial charge in [-0.15, -0.1) is 0 Å². The van der Waals surface area contributed by atoms with E-state index in [1.54, 1.807) is 0 Å². The van der Waals surface area contributed by atoms with Crippen molar-refractivity contribution in [2.75, 3.05) is 47.5 Å². The van der Waals surface area contributed by atoms with Crippen molar-refractivity contribution in [3.05, 3.63) is 97.2 Å². The van der Waals surface area contributed by atoms with E-state index in [4.69, 9.17) is 18.5 Å². The summed E-state index contributed by atoms with van der Waals surface area (Å²) in [5, 5.41) is 0. The first kappa shape index (κ1) is 74.9. The zero-order valence-electron chi connectivity index (χ0n) is 51.1. The first-order chi connectivity index (χ1) is 38.0. The van der Waals surface area contributed by atoms with Crippen LogP contribution >= 0.6 is 7.82 Å². The molecule has 0 saturated heterocycles. The minimum Gasteiger partial charge on any atom is -0.462 e. The molecular formula is C68H121NO8P+. The lowest BCUT2D eigenvalue weighted by atomic mass is 10.0. The van der Waals surface area contributed by atoms with Crippen LogP contribution in [0.4, 0.5) is 0 Å². The van der Waals surface area contributed by atoms with E-state index >= 15 is 0 Å². The van der Waals surface area contributed by atoms with Crippen LogP contribution in [0.2, 0.25) is 0 Å².